The number of carbonyl (C=O) groups is 1. The summed E-state index contributed by atoms with van der Waals surface area (Å²) in [4.78, 5) is 24.1. The van der Waals surface area contributed by atoms with Crippen molar-refractivity contribution in [3.8, 4) is 0 Å². The van der Waals surface area contributed by atoms with Crippen LogP contribution >= 0.6 is 35.0 Å². The first kappa shape index (κ1) is 15.9. The van der Waals surface area contributed by atoms with Gasteiger partial charge < -0.3 is 5.32 Å². The summed E-state index contributed by atoms with van der Waals surface area (Å²) in [6.07, 6.45) is 1.68. The fraction of sp³-hybridized carbons (Fsp3) is 0.250. The number of benzene rings is 1. The number of hydrogen-bond donors (Lipinski definition) is 1. The topological polar surface area (TPSA) is 75.5 Å². The van der Waals surface area contributed by atoms with E-state index in [4.69, 9.17) is 23.2 Å². The van der Waals surface area contributed by atoms with E-state index in [0.717, 1.165) is 11.8 Å². The van der Waals surface area contributed by atoms with Crippen molar-refractivity contribution in [2.24, 2.45) is 0 Å². The molecule has 0 fully saturated rings. The molecule has 1 aromatic carbocycles. The highest BCUT2D eigenvalue weighted by atomic mass is 35.5. The second kappa shape index (κ2) is 6.13. The minimum absolute atomic E-state index is 0.0945. The number of nitrogens with one attached hydrogen (secondary N) is 1. The van der Waals surface area contributed by atoms with Gasteiger partial charge >= 0.3 is 11.7 Å². The Bertz CT molecular complexity index is 651. The highest BCUT2D eigenvalue weighted by molar-refractivity contribution is 8.02. The molecule has 0 bridgehead atoms. The summed E-state index contributed by atoms with van der Waals surface area (Å²) in [6.45, 7) is 0. The fourth-order valence-corrected chi connectivity index (χ4v) is 3.10. The lowest BCUT2D eigenvalue weighted by Crippen LogP contribution is -2.45. The van der Waals surface area contributed by atoms with Gasteiger partial charge in [-0.15, -0.1) is 11.8 Å². The molecule has 1 aliphatic rings. The van der Waals surface area contributed by atoms with Crippen LogP contribution < -0.4 is 5.32 Å². The van der Waals surface area contributed by atoms with Gasteiger partial charge in [0.25, 0.3) is 0 Å². The number of nitrogens with zero attached hydrogens (tertiary/aromatic N) is 2. The molecule has 112 valence electrons. The van der Waals surface area contributed by atoms with Crippen molar-refractivity contribution in [1.82, 2.24) is 10.2 Å². The summed E-state index contributed by atoms with van der Waals surface area (Å²) in [6, 6.07) is 3.37. The predicted octanol–water partition coefficient (Wildman–Crippen LogP) is 3.50. The number of nitro groups is 1. The van der Waals surface area contributed by atoms with Crippen LogP contribution in [0.2, 0.25) is 10.0 Å². The molecule has 0 radical (unpaired) electrons. The Morgan fingerprint density at radius 3 is 2.57 bits per heavy atom. The van der Waals surface area contributed by atoms with Crippen LogP contribution in [0, 0.1) is 10.1 Å². The van der Waals surface area contributed by atoms with E-state index >= 15 is 0 Å². The molecule has 1 atom stereocenters. The van der Waals surface area contributed by atoms with Gasteiger partial charge in [0.15, 0.2) is 5.03 Å². The number of rotatable bonds is 3. The Kier molecular flexibility index (Phi) is 4.65. The lowest BCUT2D eigenvalue weighted by Gasteiger charge is -2.29. The van der Waals surface area contributed by atoms with Crippen molar-refractivity contribution < 1.29 is 9.72 Å². The molecule has 2 rings (SSSR count). The van der Waals surface area contributed by atoms with Crippen molar-refractivity contribution in [2.45, 2.75) is 6.04 Å². The molecule has 21 heavy (non-hydrogen) atoms. The van der Waals surface area contributed by atoms with E-state index in [1.54, 1.807) is 18.4 Å². The van der Waals surface area contributed by atoms with Crippen molar-refractivity contribution in [3.63, 3.8) is 0 Å². The molecule has 1 aliphatic heterocycles. The van der Waals surface area contributed by atoms with E-state index in [1.165, 1.54) is 18.0 Å². The second-order valence-corrected chi connectivity index (χ2v) is 5.88. The minimum atomic E-state index is -0.874. The zero-order valence-corrected chi connectivity index (χ0v) is 13.4. The molecule has 1 aromatic rings. The highest BCUT2D eigenvalue weighted by Crippen LogP contribution is 2.36. The molecule has 1 N–H and O–H groups in total. The minimum Gasteiger partial charge on any atom is -0.321 e. The second-order valence-electron chi connectivity index (χ2n) is 4.27. The van der Waals surface area contributed by atoms with Crippen LogP contribution in [0.1, 0.15) is 11.6 Å². The standard InChI is InChI=1S/C12H11Cl2N3O3S/c1-16-11(21-2)10(17(19)20)9(15-12(16)18)6-3-4-7(13)8(14)5-6/h3-5,9H,1-2H3,(H,15,18)/t9-/m1/s1. The Morgan fingerprint density at radius 2 is 2.05 bits per heavy atom. The first-order valence-electron chi connectivity index (χ1n) is 5.78. The molecule has 0 unspecified atom stereocenters. The molecule has 9 heteroatoms. The quantitative estimate of drug-likeness (QED) is 0.670. The van der Waals surface area contributed by atoms with Gasteiger partial charge in [0.2, 0.25) is 0 Å². The number of thioether (sulfide) groups is 1. The number of urea groups is 1. The first-order valence-corrected chi connectivity index (χ1v) is 7.76. The van der Waals surface area contributed by atoms with Gasteiger partial charge in [-0.05, 0) is 24.0 Å². The van der Waals surface area contributed by atoms with E-state index in [9.17, 15) is 14.9 Å². The van der Waals surface area contributed by atoms with Crippen molar-refractivity contribution in [1.29, 1.82) is 0 Å². The Labute approximate surface area is 135 Å². The molecule has 2 amide bonds. The molecule has 0 spiro atoms. The monoisotopic (exact) mass is 347 g/mol. The van der Waals surface area contributed by atoms with Gasteiger partial charge in [0.05, 0.1) is 15.0 Å². The van der Waals surface area contributed by atoms with Crippen LogP contribution in [0.15, 0.2) is 28.9 Å². The van der Waals surface area contributed by atoms with Crippen LogP contribution in [0.4, 0.5) is 4.79 Å². The largest absolute Gasteiger partial charge is 0.323 e. The van der Waals surface area contributed by atoms with Crippen LogP contribution in [-0.4, -0.2) is 29.2 Å². The Hall–Kier alpha value is -1.44. The SMILES string of the molecule is CSC1=C([N+](=O)[O-])[C@@H](c2ccc(Cl)c(Cl)c2)NC(=O)N1C. The van der Waals surface area contributed by atoms with E-state index < -0.39 is 17.0 Å². The number of amides is 2. The van der Waals surface area contributed by atoms with Gasteiger partial charge in [-0.1, -0.05) is 29.3 Å². The molecular weight excluding hydrogens is 337 g/mol. The number of hydrogen-bond acceptors (Lipinski definition) is 4. The average Bonchev–Trinajstić information content (AvgIpc) is 2.43. The van der Waals surface area contributed by atoms with Gasteiger partial charge in [0, 0.05) is 7.05 Å². The van der Waals surface area contributed by atoms with Gasteiger partial charge in [-0.3, -0.25) is 15.0 Å². The van der Waals surface area contributed by atoms with Gasteiger partial charge in [-0.25, -0.2) is 4.79 Å². The lowest BCUT2D eigenvalue weighted by molar-refractivity contribution is -0.432. The highest BCUT2D eigenvalue weighted by Gasteiger charge is 2.39. The van der Waals surface area contributed by atoms with Crippen molar-refractivity contribution in [2.75, 3.05) is 13.3 Å². The maximum Gasteiger partial charge on any atom is 0.323 e. The lowest BCUT2D eigenvalue weighted by atomic mass is 10.0. The van der Waals surface area contributed by atoms with Gasteiger partial charge in [0.1, 0.15) is 6.04 Å². The smallest absolute Gasteiger partial charge is 0.321 e. The Balaban J connectivity index is 2.59. The third-order valence-corrected chi connectivity index (χ3v) is 4.65. The summed E-state index contributed by atoms with van der Waals surface area (Å²) in [7, 11) is 1.48. The number of carbonyl (C=O) groups excluding carboxylic acids is 1. The van der Waals surface area contributed by atoms with E-state index in [0.29, 0.717) is 15.6 Å². The summed E-state index contributed by atoms with van der Waals surface area (Å²) in [5.74, 6) is 0. The molecule has 0 saturated heterocycles. The summed E-state index contributed by atoms with van der Waals surface area (Å²) < 4.78 is 0. The van der Waals surface area contributed by atoms with Crippen molar-refractivity contribution >= 4 is 41.0 Å². The van der Waals surface area contributed by atoms with Crippen LogP contribution in [-0.2, 0) is 0 Å². The summed E-state index contributed by atoms with van der Waals surface area (Å²) in [5, 5.41) is 14.9. The molecule has 6 nitrogen and oxygen atoms in total. The number of halogens is 2. The molecule has 1 heterocycles. The van der Waals surface area contributed by atoms with Crippen molar-refractivity contribution in [3.05, 3.63) is 54.6 Å². The normalized spacial score (nSPS) is 18.8. The maximum absolute atomic E-state index is 12.0. The van der Waals surface area contributed by atoms with E-state index in [2.05, 4.69) is 5.32 Å². The zero-order chi connectivity index (χ0) is 15.7. The van der Waals surface area contributed by atoms with E-state index in [-0.39, 0.29) is 10.7 Å². The fourth-order valence-electron chi connectivity index (χ4n) is 2.03. The third kappa shape index (κ3) is 2.95. The van der Waals surface area contributed by atoms with E-state index in [1.807, 2.05) is 0 Å². The zero-order valence-electron chi connectivity index (χ0n) is 11.1. The van der Waals surface area contributed by atoms with Crippen LogP contribution in [0.25, 0.3) is 0 Å². The molecule has 0 aliphatic carbocycles. The Morgan fingerprint density at radius 1 is 1.38 bits per heavy atom. The van der Waals surface area contributed by atoms with Crippen LogP contribution in [0.5, 0.6) is 0 Å². The molecular formula is C12H11Cl2N3O3S. The molecule has 0 aromatic heterocycles. The van der Waals surface area contributed by atoms with Crippen LogP contribution in [0.3, 0.4) is 0 Å². The predicted molar refractivity (Wildman–Crippen MR) is 83.0 cm³/mol. The summed E-state index contributed by atoms with van der Waals surface area (Å²) in [5.41, 5.74) is 0.409. The van der Waals surface area contributed by atoms with Gasteiger partial charge in [-0.2, -0.15) is 0 Å². The maximum atomic E-state index is 12.0. The average molecular weight is 348 g/mol. The molecule has 0 saturated carbocycles. The summed E-state index contributed by atoms with van der Waals surface area (Å²) >= 11 is 12.9. The third-order valence-electron chi connectivity index (χ3n) is 3.04. The first-order chi connectivity index (χ1) is 9.86.